The summed E-state index contributed by atoms with van der Waals surface area (Å²) in [6.45, 7) is 4.25. The number of non-ortho nitro benzene ring substituents is 1. The van der Waals surface area contributed by atoms with Gasteiger partial charge in [-0.2, -0.15) is 0 Å². The van der Waals surface area contributed by atoms with E-state index in [1.807, 2.05) is 29.2 Å². The zero-order valence-corrected chi connectivity index (χ0v) is 21.5. The number of hydrogen-bond acceptors (Lipinski definition) is 6. The molecule has 0 aromatic heterocycles. The molecule has 1 aliphatic heterocycles. The van der Waals surface area contributed by atoms with E-state index >= 15 is 0 Å². The molecule has 1 unspecified atom stereocenters. The number of Topliss-reactive ketones (excluding diaryl/α,β-unsaturated/α-hetero) is 1. The fourth-order valence-corrected chi connectivity index (χ4v) is 6.03. The van der Waals surface area contributed by atoms with E-state index in [0.29, 0.717) is 18.4 Å². The second kappa shape index (κ2) is 10.00. The minimum atomic E-state index is -0.548. The third-order valence-electron chi connectivity index (χ3n) is 7.71. The molecule has 2 aromatic carbocycles. The molecule has 3 aliphatic rings. The number of amides is 1. The van der Waals surface area contributed by atoms with Crippen molar-refractivity contribution in [3.8, 4) is 0 Å². The molecule has 2 N–H and O–H groups in total. The van der Waals surface area contributed by atoms with Crippen molar-refractivity contribution in [3.05, 3.63) is 75.5 Å². The molecule has 8 nitrogen and oxygen atoms in total. The quantitative estimate of drug-likeness (QED) is 0.404. The molecule has 1 heterocycles. The summed E-state index contributed by atoms with van der Waals surface area (Å²) in [6.07, 6.45) is 6.50. The molecule has 0 bridgehead atoms. The maximum Gasteiger partial charge on any atom is 0.269 e. The van der Waals surface area contributed by atoms with Gasteiger partial charge in [0.2, 0.25) is 5.91 Å². The van der Waals surface area contributed by atoms with Gasteiger partial charge in [-0.25, -0.2) is 0 Å². The molecule has 37 heavy (non-hydrogen) atoms. The smallest absolute Gasteiger partial charge is 0.269 e. The van der Waals surface area contributed by atoms with Crippen LogP contribution in [0.5, 0.6) is 0 Å². The summed E-state index contributed by atoms with van der Waals surface area (Å²) in [5.74, 6) is -0.0474. The van der Waals surface area contributed by atoms with Crippen LogP contribution in [-0.4, -0.2) is 29.2 Å². The molecule has 1 saturated carbocycles. The average Bonchev–Trinajstić information content (AvgIpc) is 2.98. The van der Waals surface area contributed by atoms with Crippen molar-refractivity contribution in [2.75, 3.05) is 16.8 Å². The highest BCUT2D eigenvalue weighted by molar-refractivity contribution is 6.01. The second-order valence-electron chi connectivity index (χ2n) is 11.3. The zero-order chi connectivity index (χ0) is 26.2. The van der Waals surface area contributed by atoms with Crippen LogP contribution in [-0.2, 0) is 9.59 Å². The molecule has 0 saturated heterocycles. The molecule has 194 valence electrons. The van der Waals surface area contributed by atoms with Crippen LogP contribution in [0, 0.1) is 15.5 Å². The van der Waals surface area contributed by atoms with E-state index in [-0.39, 0.29) is 35.4 Å². The van der Waals surface area contributed by atoms with Gasteiger partial charge < -0.3 is 15.5 Å². The standard InChI is InChI=1S/C29H34N4O4/c1-29(2)16-23-27(25(34)17-29)28(19-12-14-21(15-13-19)33(36)37)32(24-11-7-6-10-22(24)31-23)18-26(35)30-20-8-4-3-5-9-20/h6-7,10-15,20,28,31H,3-5,8-9,16-18H2,1-2H3,(H,30,35). The minimum absolute atomic E-state index is 0.0113. The van der Waals surface area contributed by atoms with Crippen LogP contribution >= 0.6 is 0 Å². The van der Waals surface area contributed by atoms with Gasteiger partial charge in [0, 0.05) is 35.9 Å². The van der Waals surface area contributed by atoms with Gasteiger partial charge >= 0.3 is 0 Å². The van der Waals surface area contributed by atoms with Crippen LogP contribution in [0.2, 0.25) is 0 Å². The first kappa shape index (κ1) is 25.0. The molecule has 0 radical (unpaired) electrons. The molecule has 1 fully saturated rings. The van der Waals surface area contributed by atoms with Crippen molar-refractivity contribution in [2.24, 2.45) is 5.41 Å². The van der Waals surface area contributed by atoms with Gasteiger partial charge in [0.25, 0.3) is 5.69 Å². The molecular weight excluding hydrogens is 468 g/mol. The number of ketones is 1. The van der Waals surface area contributed by atoms with Gasteiger partial charge in [0.1, 0.15) is 0 Å². The molecule has 5 rings (SSSR count). The maximum atomic E-state index is 13.7. The number of carbonyl (C=O) groups is 2. The maximum absolute atomic E-state index is 13.7. The number of nitro benzene ring substituents is 1. The first-order valence-corrected chi connectivity index (χ1v) is 13.1. The van der Waals surface area contributed by atoms with Crippen LogP contribution in [0.3, 0.4) is 0 Å². The summed E-state index contributed by atoms with van der Waals surface area (Å²) >= 11 is 0. The van der Waals surface area contributed by atoms with E-state index < -0.39 is 11.0 Å². The number of rotatable bonds is 5. The van der Waals surface area contributed by atoms with E-state index in [9.17, 15) is 19.7 Å². The van der Waals surface area contributed by atoms with Gasteiger partial charge in [-0.15, -0.1) is 0 Å². The van der Waals surface area contributed by atoms with E-state index in [2.05, 4.69) is 24.5 Å². The predicted octanol–water partition coefficient (Wildman–Crippen LogP) is 5.66. The lowest BCUT2D eigenvalue weighted by Gasteiger charge is -2.38. The summed E-state index contributed by atoms with van der Waals surface area (Å²) in [6, 6.07) is 13.8. The Labute approximate surface area is 217 Å². The van der Waals surface area contributed by atoms with Crippen molar-refractivity contribution >= 4 is 28.8 Å². The van der Waals surface area contributed by atoms with E-state index in [1.165, 1.54) is 18.6 Å². The number of nitro groups is 1. The Hall–Kier alpha value is -3.68. The molecular formula is C29H34N4O4. The first-order valence-electron chi connectivity index (χ1n) is 13.1. The lowest BCUT2D eigenvalue weighted by atomic mass is 9.73. The summed E-state index contributed by atoms with van der Waals surface area (Å²) in [4.78, 5) is 40.0. The molecule has 1 atom stereocenters. The third-order valence-corrected chi connectivity index (χ3v) is 7.71. The van der Waals surface area contributed by atoms with Crippen molar-refractivity contribution in [1.82, 2.24) is 5.32 Å². The number of benzene rings is 2. The number of nitrogens with zero attached hydrogens (tertiary/aromatic N) is 2. The summed E-state index contributed by atoms with van der Waals surface area (Å²) in [5, 5.41) is 18.1. The lowest BCUT2D eigenvalue weighted by Crippen LogP contribution is -2.45. The monoisotopic (exact) mass is 502 g/mol. The van der Waals surface area contributed by atoms with E-state index in [1.54, 1.807) is 12.1 Å². The lowest BCUT2D eigenvalue weighted by molar-refractivity contribution is -0.384. The van der Waals surface area contributed by atoms with Crippen molar-refractivity contribution in [2.45, 2.75) is 70.9 Å². The van der Waals surface area contributed by atoms with Crippen molar-refractivity contribution in [1.29, 1.82) is 0 Å². The van der Waals surface area contributed by atoms with Crippen molar-refractivity contribution < 1.29 is 14.5 Å². The largest absolute Gasteiger partial charge is 0.357 e. The molecule has 8 heteroatoms. The zero-order valence-electron chi connectivity index (χ0n) is 21.5. The number of nitrogens with one attached hydrogen (secondary N) is 2. The van der Waals surface area contributed by atoms with Gasteiger partial charge in [0.05, 0.1) is 28.9 Å². The summed E-state index contributed by atoms with van der Waals surface area (Å²) in [5.41, 5.74) is 3.69. The molecule has 1 amide bonds. The van der Waals surface area contributed by atoms with Gasteiger partial charge in [0.15, 0.2) is 5.78 Å². The average molecular weight is 503 g/mol. The highest BCUT2D eigenvalue weighted by Gasteiger charge is 2.42. The van der Waals surface area contributed by atoms with Crippen LogP contribution in [0.25, 0.3) is 0 Å². The van der Waals surface area contributed by atoms with Crippen LogP contribution in [0.1, 0.15) is 70.4 Å². The highest BCUT2D eigenvalue weighted by atomic mass is 16.6. The number of hydrogen-bond donors (Lipinski definition) is 2. The van der Waals surface area contributed by atoms with Gasteiger partial charge in [-0.05, 0) is 54.5 Å². The number of para-hydroxylation sites is 2. The highest BCUT2D eigenvalue weighted by Crippen LogP contribution is 2.48. The Morgan fingerprint density at radius 2 is 1.78 bits per heavy atom. The normalized spacial score (nSPS) is 21.4. The Kier molecular flexibility index (Phi) is 6.75. The number of allylic oxidation sites excluding steroid dienone is 1. The SMILES string of the molecule is CC1(C)CC(=O)C2=C(C1)Nc1ccccc1N(CC(=O)NC1CCCCC1)C2c1ccc([N+](=O)[O-])cc1. The van der Waals surface area contributed by atoms with E-state index in [4.69, 9.17) is 0 Å². The Morgan fingerprint density at radius 3 is 2.49 bits per heavy atom. The number of carbonyl (C=O) groups excluding carboxylic acids is 2. The number of anilines is 2. The Bertz CT molecular complexity index is 1240. The Morgan fingerprint density at radius 1 is 1.08 bits per heavy atom. The summed E-state index contributed by atoms with van der Waals surface area (Å²) < 4.78 is 0. The molecule has 2 aromatic rings. The minimum Gasteiger partial charge on any atom is -0.357 e. The third kappa shape index (κ3) is 5.24. The number of fused-ring (bicyclic) bond motifs is 1. The van der Waals surface area contributed by atoms with E-state index in [0.717, 1.165) is 48.3 Å². The van der Waals surface area contributed by atoms with Crippen LogP contribution in [0.4, 0.5) is 17.1 Å². The fourth-order valence-electron chi connectivity index (χ4n) is 6.03. The summed E-state index contributed by atoms with van der Waals surface area (Å²) in [7, 11) is 0. The second-order valence-corrected chi connectivity index (χ2v) is 11.3. The first-order chi connectivity index (χ1) is 17.7. The van der Waals surface area contributed by atoms with Crippen LogP contribution < -0.4 is 15.5 Å². The van der Waals surface area contributed by atoms with Crippen LogP contribution in [0.15, 0.2) is 59.8 Å². The topological polar surface area (TPSA) is 105 Å². The van der Waals surface area contributed by atoms with Crippen molar-refractivity contribution in [3.63, 3.8) is 0 Å². The van der Waals surface area contributed by atoms with Gasteiger partial charge in [-0.1, -0.05) is 45.2 Å². The Balaban J connectivity index is 1.61. The fraction of sp³-hybridized carbons (Fsp3) is 0.448. The predicted molar refractivity (Wildman–Crippen MR) is 143 cm³/mol. The van der Waals surface area contributed by atoms with Gasteiger partial charge in [-0.3, -0.25) is 19.7 Å². The molecule has 2 aliphatic carbocycles. The molecule has 0 spiro atoms.